The maximum absolute atomic E-state index is 6.19. The zero-order valence-corrected chi connectivity index (χ0v) is 13.7. The van der Waals surface area contributed by atoms with Crippen molar-refractivity contribution >= 4 is 5.82 Å². The molecular formula is C18H31N3. The molecule has 1 heterocycles. The van der Waals surface area contributed by atoms with E-state index < -0.39 is 0 Å². The summed E-state index contributed by atoms with van der Waals surface area (Å²) in [5, 5.41) is 3.75. The average Bonchev–Trinajstić information content (AvgIpc) is 2.44. The summed E-state index contributed by atoms with van der Waals surface area (Å²) in [6.07, 6.45) is 12.5. The van der Waals surface area contributed by atoms with Crippen molar-refractivity contribution in [3.8, 4) is 0 Å². The summed E-state index contributed by atoms with van der Waals surface area (Å²) in [5.41, 5.74) is 8.61. The molecule has 1 aliphatic carbocycles. The summed E-state index contributed by atoms with van der Waals surface area (Å²) in [7, 11) is 0. The largest absolute Gasteiger partial charge is 0.383 e. The van der Waals surface area contributed by atoms with Gasteiger partial charge in [0.25, 0.3) is 0 Å². The van der Waals surface area contributed by atoms with Crippen LogP contribution >= 0.6 is 0 Å². The van der Waals surface area contributed by atoms with Gasteiger partial charge in [0.2, 0.25) is 0 Å². The highest BCUT2D eigenvalue weighted by Crippen LogP contribution is 2.35. The first kappa shape index (κ1) is 16.3. The lowest BCUT2D eigenvalue weighted by molar-refractivity contribution is 0.289. The molecule has 0 amide bonds. The number of pyridine rings is 1. The van der Waals surface area contributed by atoms with Crippen LogP contribution in [0.3, 0.4) is 0 Å². The van der Waals surface area contributed by atoms with Gasteiger partial charge in [0.15, 0.2) is 0 Å². The zero-order valence-electron chi connectivity index (χ0n) is 13.7. The molecule has 1 atom stereocenters. The molecule has 1 saturated carbocycles. The number of nitrogen functional groups attached to an aromatic ring is 1. The number of nitrogens with two attached hydrogens (primary N) is 1. The van der Waals surface area contributed by atoms with E-state index in [1.54, 1.807) is 0 Å². The lowest BCUT2D eigenvalue weighted by Crippen LogP contribution is -2.30. The van der Waals surface area contributed by atoms with E-state index in [9.17, 15) is 0 Å². The normalized spacial score (nSPS) is 19.0. The molecule has 0 saturated heterocycles. The van der Waals surface area contributed by atoms with Crippen molar-refractivity contribution in [2.75, 3.05) is 12.3 Å². The number of hydrogen-bond acceptors (Lipinski definition) is 3. The maximum atomic E-state index is 6.19. The van der Waals surface area contributed by atoms with Crippen molar-refractivity contribution in [3.05, 3.63) is 23.4 Å². The van der Waals surface area contributed by atoms with Crippen LogP contribution in [0, 0.1) is 12.8 Å². The van der Waals surface area contributed by atoms with Crippen LogP contribution in [-0.2, 0) is 0 Å². The smallest absolute Gasteiger partial charge is 0.128 e. The third-order valence-corrected chi connectivity index (χ3v) is 4.66. The fourth-order valence-electron chi connectivity index (χ4n) is 3.50. The molecule has 1 aromatic rings. The quantitative estimate of drug-likeness (QED) is 0.846. The monoisotopic (exact) mass is 289 g/mol. The predicted molar refractivity (Wildman–Crippen MR) is 90.2 cm³/mol. The summed E-state index contributed by atoms with van der Waals surface area (Å²) in [6, 6.07) is 2.60. The van der Waals surface area contributed by atoms with Gasteiger partial charge in [-0.25, -0.2) is 4.98 Å². The minimum atomic E-state index is 0.371. The van der Waals surface area contributed by atoms with E-state index in [1.165, 1.54) is 56.1 Å². The van der Waals surface area contributed by atoms with Gasteiger partial charge in [-0.1, -0.05) is 39.0 Å². The second-order valence-electron chi connectivity index (χ2n) is 6.52. The molecule has 2 rings (SSSR count). The Labute approximate surface area is 129 Å². The number of anilines is 1. The Kier molecular flexibility index (Phi) is 6.50. The van der Waals surface area contributed by atoms with Crippen molar-refractivity contribution < 1.29 is 0 Å². The first-order valence-corrected chi connectivity index (χ1v) is 8.67. The van der Waals surface area contributed by atoms with Crippen LogP contribution in [0.1, 0.15) is 75.5 Å². The van der Waals surface area contributed by atoms with E-state index in [0.29, 0.717) is 17.8 Å². The van der Waals surface area contributed by atoms with E-state index in [1.807, 2.05) is 6.20 Å². The van der Waals surface area contributed by atoms with Crippen LogP contribution < -0.4 is 11.1 Å². The van der Waals surface area contributed by atoms with Gasteiger partial charge in [-0.05, 0) is 50.3 Å². The van der Waals surface area contributed by atoms with Gasteiger partial charge in [0.05, 0.1) is 0 Å². The zero-order chi connectivity index (χ0) is 15.1. The molecule has 0 radical (unpaired) electrons. The van der Waals surface area contributed by atoms with E-state index in [2.05, 4.69) is 30.2 Å². The van der Waals surface area contributed by atoms with E-state index >= 15 is 0 Å². The molecule has 118 valence electrons. The maximum Gasteiger partial charge on any atom is 0.128 e. The van der Waals surface area contributed by atoms with Crippen molar-refractivity contribution in [2.24, 2.45) is 5.92 Å². The Bertz CT molecular complexity index is 422. The van der Waals surface area contributed by atoms with Crippen LogP contribution in [0.2, 0.25) is 0 Å². The Balaban J connectivity index is 2.20. The molecule has 0 spiro atoms. The fourth-order valence-corrected chi connectivity index (χ4v) is 3.50. The first-order chi connectivity index (χ1) is 10.2. The Hall–Kier alpha value is -1.09. The van der Waals surface area contributed by atoms with Crippen LogP contribution in [0.25, 0.3) is 0 Å². The highest BCUT2D eigenvalue weighted by Gasteiger charge is 2.25. The van der Waals surface area contributed by atoms with Crippen LogP contribution in [0.4, 0.5) is 5.82 Å². The average molecular weight is 289 g/mol. The molecule has 0 aromatic carbocycles. The fraction of sp³-hybridized carbons (Fsp3) is 0.722. The molecule has 1 unspecified atom stereocenters. The number of aromatic nitrogens is 1. The third kappa shape index (κ3) is 4.70. The van der Waals surface area contributed by atoms with Crippen LogP contribution in [0.15, 0.2) is 12.3 Å². The molecule has 3 N–H and O–H groups in total. The minimum absolute atomic E-state index is 0.371. The topological polar surface area (TPSA) is 50.9 Å². The van der Waals surface area contributed by atoms with Crippen molar-refractivity contribution in [3.63, 3.8) is 0 Å². The van der Waals surface area contributed by atoms with E-state index in [0.717, 1.165) is 13.0 Å². The van der Waals surface area contributed by atoms with E-state index in [4.69, 9.17) is 5.73 Å². The summed E-state index contributed by atoms with van der Waals surface area (Å²) < 4.78 is 0. The molecule has 1 aliphatic rings. The van der Waals surface area contributed by atoms with Gasteiger partial charge in [-0.15, -0.1) is 0 Å². The summed E-state index contributed by atoms with van der Waals surface area (Å²) in [5.74, 6) is 1.40. The van der Waals surface area contributed by atoms with Gasteiger partial charge in [-0.2, -0.15) is 0 Å². The second-order valence-corrected chi connectivity index (χ2v) is 6.52. The van der Waals surface area contributed by atoms with Gasteiger partial charge < -0.3 is 11.1 Å². The standard InChI is InChI=1S/C18H31N3/c1-3-11-20-17(15-9-7-5-4-6-8-10-15)16-12-14(2)13-21-18(16)19/h12-13,15,17,20H,3-11H2,1-2H3,(H2,19,21). The summed E-state index contributed by atoms with van der Waals surface area (Å²) >= 11 is 0. The number of hydrogen-bond donors (Lipinski definition) is 2. The van der Waals surface area contributed by atoms with E-state index in [-0.39, 0.29) is 0 Å². The number of aryl methyl sites for hydroxylation is 1. The molecule has 0 bridgehead atoms. The number of nitrogens with one attached hydrogen (secondary N) is 1. The molecule has 3 nitrogen and oxygen atoms in total. The molecular weight excluding hydrogens is 258 g/mol. The second kappa shape index (κ2) is 8.38. The van der Waals surface area contributed by atoms with Gasteiger partial charge >= 0.3 is 0 Å². The predicted octanol–water partition coefficient (Wildman–Crippen LogP) is 4.37. The van der Waals surface area contributed by atoms with Crippen LogP contribution in [-0.4, -0.2) is 11.5 Å². The first-order valence-electron chi connectivity index (χ1n) is 8.67. The number of rotatable bonds is 5. The van der Waals surface area contributed by atoms with Gasteiger partial charge in [0.1, 0.15) is 5.82 Å². The highest BCUT2D eigenvalue weighted by molar-refractivity contribution is 5.43. The molecule has 1 fully saturated rings. The highest BCUT2D eigenvalue weighted by atomic mass is 14.9. The molecule has 21 heavy (non-hydrogen) atoms. The SMILES string of the molecule is CCCNC(c1cc(C)cnc1N)C1CCCCCCC1. The summed E-state index contributed by atoms with van der Waals surface area (Å²) in [6.45, 7) is 5.37. The lowest BCUT2D eigenvalue weighted by atomic mass is 9.82. The lowest BCUT2D eigenvalue weighted by Gasteiger charge is -2.30. The summed E-state index contributed by atoms with van der Waals surface area (Å²) in [4.78, 5) is 4.38. The van der Waals surface area contributed by atoms with Crippen molar-refractivity contribution in [2.45, 2.75) is 71.3 Å². The van der Waals surface area contributed by atoms with Crippen molar-refractivity contribution in [1.29, 1.82) is 0 Å². The van der Waals surface area contributed by atoms with Crippen molar-refractivity contribution in [1.82, 2.24) is 10.3 Å². The Morgan fingerprint density at radius 2 is 1.90 bits per heavy atom. The Morgan fingerprint density at radius 3 is 2.57 bits per heavy atom. The number of nitrogens with zero attached hydrogens (tertiary/aromatic N) is 1. The van der Waals surface area contributed by atoms with Crippen LogP contribution in [0.5, 0.6) is 0 Å². The van der Waals surface area contributed by atoms with Gasteiger partial charge in [-0.3, -0.25) is 0 Å². The third-order valence-electron chi connectivity index (χ3n) is 4.66. The van der Waals surface area contributed by atoms with Gasteiger partial charge in [0, 0.05) is 17.8 Å². The molecule has 0 aliphatic heterocycles. The molecule has 1 aromatic heterocycles. The Morgan fingerprint density at radius 1 is 1.24 bits per heavy atom. The minimum Gasteiger partial charge on any atom is -0.383 e. The molecule has 3 heteroatoms.